The molecule has 1 aliphatic rings. The summed E-state index contributed by atoms with van der Waals surface area (Å²) >= 11 is 0. The number of carbonyl (C=O) groups is 1. The number of halogens is 2. The molecule has 0 amide bonds. The summed E-state index contributed by atoms with van der Waals surface area (Å²) in [6.45, 7) is 5.37. The second kappa shape index (κ2) is 11.7. The molecule has 0 radical (unpaired) electrons. The molecule has 0 unspecified atom stereocenters. The van der Waals surface area contributed by atoms with Crippen LogP contribution in [0.1, 0.15) is 17.0 Å². The van der Waals surface area contributed by atoms with E-state index in [2.05, 4.69) is 21.9 Å². The Kier molecular flexibility index (Phi) is 10.1. The van der Waals surface area contributed by atoms with Crippen molar-refractivity contribution in [2.75, 3.05) is 51.3 Å². The Balaban J connectivity index is 0.00000182. The molecule has 1 aromatic carbocycles. The maximum absolute atomic E-state index is 11.7. The van der Waals surface area contributed by atoms with Crippen LogP contribution in [0.5, 0.6) is 5.75 Å². The molecule has 1 aliphatic heterocycles. The molecule has 3 rings (SSSR count). The monoisotopic (exact) mass is 416 g/mol. The average Bonchev–Trinajstić information content (AvgIpc) is 3.21. The van der Waals surface area contributed by atoms with Crippen molar-refractivity contribution in [1.29, 1.82) is 0 Å². The number of rotatable bonds is 7. The van der Waals surface area contributed by atoms with E-state index in [1.807, 2.05) is 12.1 Å². The fourth-order valence-electron chi connectivity index (χ4n) is 2.94. The summed E-state index contributed by atoms with van der Waals surface area (Å²) in [4.78, 5) is 16.4. The molecule has 0 aliphatic carbocycles. The molecule has 1 fully saturated rings. The van der Waals surface area contributed by atoms with Gasteiger partial charge in [0, 0.05) is 38.4 Å². The fraction of sp³-hybridized carbons (Fsp3) is 0.421. The first-order chi connectivity index (χ1) is 12.3. The van der Waals surface area contributed by atoms with Crippen LogP contribution in [0.2, 0.25) is 0 Å². The van der Waals surface area contributed by atoms with Gasteiger partial charge >= 0.3 is 5.97 Å². The van der Waals surface area contributed by atoms with Crippen molar-refractivity contribution < 1.29 is 18.7 Å². The lowest BCUT2D eigenvalue weighted by molar-refractivity contribution is 0.0451. The zero-order valence-electron chi connectivity index (χ0n) is 15.3. The number of carbonyl (C=O) groups excluding carboxylic acids is 1. The van der Waals surface area contributed by atoms with Gasteiger partial charge in [-0.15, -0.1) is 24.8 Å². The Labute approximate surface area is 172 Å². The van der Waals surface area contributed by atoms with Crippen molar-refractivity contribution in [3.05, 3.63) is 48.4 Å². The molecule has 0 spiro atoms. The molecule has 27 heavy (non-hydrogen) atoms. The lowest BCUT2D eigenvalue weighted by Gasteiger charge is -2.36. The van der Waals surface area contributed by atoms with Crippen molar-refractivity contribution in [2.45, 2.75) is 6.42 Å². The van der Waals surface area contributed by atoms with Crippen LogP contribution in [0.25, 0.3) is 0 Å². The van der Waals surface area contributed by atoms with Gasteiger partial charge in [-0.1, -0.05) is 0 Å². The van der Waals surface area contributed by atoms with E-state index in [0.29, 0.717) is 6.61 Å². The number of nitrogens with zero attached hydrogens (tertiary/aromatic N) is 2. The third-order valence-electron chi connectivity index (χ3n) is 4.38. The van der Waals surface area contributed by atoms with Crippen molar-refractivity contribution >= 4 is 36.5 Å². The highest BCUT2D eigenvalue weighted by Gasteiger charge is 2.17. The molecule has 150 valence electrons. The van der Waals surface area contributed by atoms with Crippen molar-refractivity contribution in [1.82, 2.24) is 4.90 Å². The van der Waals surface area contributed by atoms with E-state index in [-0.39, 0.29) is 30.6 Å². The topological polar surface area (TPSA) is 55.2 Å². The van der Waals surface area contributed by atoms with Crippen molar-refractivity contribution in [2.24, 2.45) is 0 Å². The minimum atomic E-state index is -0.394. The van der Waals surface area contributed by atoms with Crippen LogP contribution in [0.15, 0.2) is 47.1 Å². The van der Waals surface area contributed by atoms with Crippen LogP contribution in [-0.4, -0.2) is 57.3 Å². The van der Waals surface area contributed by atoms with Crippen LogP contribution in [0.3, 0.4) is 0 Å². The van der Waals surface area contributed by atoms with Crippen molar-refractivity contribution in [3.63, 3.8) is 0 Å². The summed E-state index contributed by atoms with van der Waals surface area (Å²) in [6, 6.07) is 11.5. The largest absolute Gasteiger partial charge is 0.497 e. The summed E-state index contributed by atoms with van der Waals surface area (Å²) in [5.74, 6) is 0.744. The normalized spacial score (nSPS) is 14.0. The quantitative estimate of drug-likeness (QED) is 0.508. The Morgan fingerprint density at radius 3 is 2.37 bits per heavy atom. The molecule has 1 aromatic heterocycles. The van der Waals surface area contributed by atoms with E-state index in [1.54, 1.807) is 19.2 Å². The summed E-state index contributed by atoms with van der Waals surface area (Å²) in [5, 5.41) is 0. The van der Waals surface area contributed by atoms with E-state index < -0.39 is 5.97 Å². The predicted molar refractivity (Wildman–Crippen MR) is 110 cm³/mol. The van der Waals surface area contributed by atoms with E-state index in [4.69, 9.17) is 13.9 Å². The van der Waals surface area contributed by atoms with Gasteiger partial charge in [0.05, 0.1) is 20.0 Å². The first-order valence-corrected chi connectivity index (χ1v) is 8.58. The van der Waals surface area contributed by atoms with Gasteiger partial charge in [0.25, 0.3) is 0 Å². The number of piperazine rings is 1. The zero-order chi connectivity index (χ0) is 17.5. The first kappa shape index (κ1) is 23.1. The number of methoxy groups -OCH3 is 1. The third-order valence-corrected chi connectivity index (χ3v) is 4.38. The minimum absolute atomic E-state index is 0. The molecule has 0 atom stereocenters. The lowest BCUT2D eigenvalue weighted by Crippen LogP contribution is -2.46. The van der Waals surface area contributed by atoms with E-state index in [1.165, 1.54) is 12.0 Å². The fourth-order valence-corrected chi connectivity index (χ4v) is 2.94. The summed E-state index contributed by atoms with van der Waals surface area (Å²) in [6.07, 6.45) is 2.30. The number of hydrogen-bond acceptors (Lipinski definition) is 6. The van der Waals surface area contributed by atoms with Gasteiger partial charge in [-0.2, -0.15) is 0 Å². The maximum atomic E-state index is 11.7. The first-order valence-electron chi connectivity index (χ1n) is 8.58. The van der Waals surface area contributed by atoms with Crippen molar-refractivity contribution in [3.8, 4) is 5.75 Å². The highest BCUT2D eigenvalue weighted by atomic mass is 35.5. The molecule has 0 saturated carbocycles. The Bertz CT molecular complexity index is 657. The van der Waals surface area contributed by atoms with Gasteiger partial charge < -0.3 is 18.8 Å². The molecular formula is C19H26Cl2N2O4. The predicted octanol–water partition coefficient (Wildman–Crippen LogP) is 3.50. The van der Waals surface area contributed by atoms with Gasteiger partial charge in [-0.25, -0.2) is 4.79 Å². The molecule has 0 bridgehead atoms. The lowest BCUT2D eigenvalue weighted by atomic mass is 10.2. The standard InChI is InChI=1S/C19H24N2O4.2ClH/c1-23-17-7-5-16(6-8-17)21-12-10-20(11-13-21)9-3-15-25-19(22)18-4-2-14-24-18;;/h2,4-8,14H,3,9-13,15H2,1H3;2*1H. The highest BCUT2D eigenvalue weighted by Crippen LogP contribution is 2.20. The van der Waals surface area contributed by atoms with Crippen LogP contribution in [0.4, 0.5) is 5.69 Å². The minimum Gasteiger partial charge on any atom is -0.497 e. The molecule has 2 aromatic rings. The Morgan fingerprint density at radius 1 is 1.07 bits per heavy atom. The molecule has 1 saturated heterocycles. The van der Waals surface area contributed by atoms with Gasteiger partial charge in [-0.05, 0) is 42.8 Å². The zero-order valence-corrected chi connectivity index (χ0v) is 17.0. The van der Waals surface area contributed by atoms with E-state index >= 15 is 0 Å². The SMILES string of the molecule is COc1ccc(N2CCN(CCCOC(=O)c3ccco3)CC2)cc1.Cl.Cl. The molecule has 6 nitrogen and oxygen atoms in total. The molecule has 8 heteroatoms. The summed E-state index contributed by atoms with van der Waals surface area (Å²) in [5.41, 5.74) is 1.23. The second-order valence-electron chi connectivity index (χ2n) is 5.99. The number of anilines is 1. The second-order valence-corrected chi connectivity index (χ2v) is 5.99. The van der Waals surface area contributed by atoms with Gasteiger partial charge in [0.1, 0.15) is 5.75 Å². The number of ether oxygens (including phenoxy) is 2. The average molecular weight is 417 g/mol. The highest BCUT2D eigenvalue weighted by molar-refractivity contribution is 5.86. The number of hydrogen-bond donors (Lipinski definition) is 0. The molecular weight excluding hydrogens is 391 g/mol. The van der Waals surface area contributed by atoms with E-state index in [0.717, 1.165) is 44.9 Å². The number of furan rings is 1. The number of benzene rings is 1. The van der Waals surface area contributed by atoms with Crippen LogP contribution in [0, 0.1) is 0 Å². The third kappa shape index (κ3) is 6.65. The number of esters is 1. The van der Waals surface area contributed by atoms with Gasteiger partial charge in [-0.3, -0.25) is 4.90 Å². The Hall–Kier alpha value is -1.89. The van der Waals surface area contributed by atoms with Crippen LogP contribution in [-0.2, 0) is 4.74 Å². The summed E-state index contributed by atoms with van der Waals surface area (Å²) in [7, 11) is 1.68. The maximum Gasteiger partial charge on any atom is 0.374 e. The van der Waals surface area contributed by atoms with Gasteiger partial charge in [0.2, 0.25) is 5.76 Å². The van der Waals surface area contributed by atoms with Gasteiger partial charge in [0.15, 0.2) is 0 Å². The van der Waals surface area contributed by atoms with Crippen LogP contribution >= 0.6 is 24.8 Å². The summed E-state index contributed by atoms with van der Waals surface area (Å²) < 4.78 is 15.4. The molecule has 2 heterocycles. The van der Waals surface area contributed by atoms with Crippen LogP contribution < -0.4 is 9.64 Å². The molecule has 0 N–H and O–H groups in total. The van der Waals surface area contributed by atoms with E-state index in [9.17, 15) is 4.79 Å². The Morgan fingerprint density at radius 2 is 1.78 bits per heavy atom. The smallest absolute Gasteiger partial charge is 0.374 e.